The van der Waals surface area contributed by atoms with E-state index in [1.165, 1.54) is 6.07 Å². The van der Waals surface area contributed by atoms with Gasteiger partial charge in [0.2, 0.25) is 0 Å². The summed E-state index contributed by atoms with van der Waals surface area (Å²) in [7, 11) is 0. The molecule has 1 aliphatic rings. The van der Waals surface area contributed by atoms with Gasteiger partial charge >= 0.3 is 0 Å². The number of nitrogens with one attached hydrogen (secondary N) is 1. The number of anilines is 3. The Balaban J connectivity index is 1.41. The molecule has 1 fully saturated rings. The van der Waals surface area contributed by atoms with Gasteiger partial charge in [0.1, 0.15) is 17.3 Å². The summed E-state index contributed by atoms with van der Waals surface area (Å²) >= 11 is 0. The molecule has 8 heteroatoms. The molecule has 0 bridgehead atoms. The van der Waals surface area contributed by atoms with Gasteiger partial charge in [-0.05, 0) is 31.2 Å². The Morgan fingerprint density at radius 1 is 1.14 bits per heavy atom. The number of hydrogen-bond donors (Lipinski definition) is 1. The minimum absolute atomic E-state index is 0.145. The summed E-state index contributed by atoms with van der Waals surface area (Å²) in [6.45, 7) is 3.97. The van der Waals surface area contributed by atoms with Gasteiger partial charge in [-0.2, -0.15) is 0 Å². The number of benzene rings is 1. The van der Waals surface area contributed by atoms with Crippen molar-refractivity contribution in [3.05, 3.63) is 65.9 Å². The monoisotopic (exact) mass is 381 g/mol. The Hall–Kier alpha value is -3.42. The summed E-state index contributed by atoms with van der Waals surface area (Å²) in [6.07, 6.45) is 1.58. The highest BCUT2D eigenvalue weighted by Crippen LogP contribution is 2.21. The van der Waals surface area contributed by atoms with Crippen LogP contribution < -0.4 is 10.2 Å². The molecule has 0 radical (unpaired) electrons. The molecule has 0 spiro atoms. The molecule has 4 rings (SSSR count). The van der Waals surface area contributed by atoms with E-state index in [2.05, 4.69) is 15.5 Å². The van der Waals surface area contributed by atoms with Crippen molar-refractivity contribution in [3.8, 4) is 0 Å². The van der Waals surface area contributed by atoms with Gasteiger partial charge in [-0.15, -0.1) is 0 Å². The van der Waals surface area contributed by atoms with E-state index in [4.69, 9.17) is 4.52 Å². The van der Waals surface area contributed by atoms with E-state index in [0.717, 1.165) is 0 Å². The quantitative estimate of drug-likeness (QED) is 0.748. The van der Waals surface area contributed by atoms with Gasteiger partial charge in [-0.1, -0.05) is 17.3 Å². The number of halogens is 1. The van der Waals surface area contributed by atoms with Crippen LogP contribution in [0.25, 0.3) is 0 Å². The van der Waals surface area contributed by atoms with Gasteiger partial charge in [-0.3, -0.25) is 9.78 Å². The molecule has 0 unspecified atom stereocenters. The standard InChI is InChI=1S/C20H20FN5O2/c1-14-12-19(24-28-14)23-15-6-7-22-17(13-15)20(27)26-10-8-25(9-11-26)18-5-3-2-4-16(18)21/h2-7,12-13H,8-11H2,1H3,(H,22,23,24). The zero-order valence-corrected chi connectivity index (χ0v) is 15.4. The smallest absolute Gasteiger partial charge is 0.272 e. The number of aromatic nitrogens is 2. The summed E-state index contributed by atoms with van der Waals surface area (Å²) in [5.41, 5.74) is 1.63. The SMILES string of the molecule is Cc1cc(Nc2ccnc(C(=O)N3CCN(c4ccccc4F)CC3)c2)no1. The maximum atomic E-state index is 14.0. The third kappa shape index (κ3) is 3.80. The van der Waals surface area contributed by atoms with Gasteiger partial charge in [0, 0.05) is 44.1 Å². The zero-order chi connectivity index (χ0) is 19.5. The Morgan fingerprint density at radius 2 is 1.93 bits per heavy atom. The van der Waals surface area contributed by atoms with Crippen molar-refractivity contribution < 1.29 is 13.7 Å². The second-order valence-electron chi connectivity index (χ2n) is 6.61. The third-order valence-electron chi connectivity index (χ3n) is 4.64. The van der Waals surface area contributed by atoms with Gasteiger partial charge in [-0.25, -0.2) is 4.39 Å². The average molecular weight is 381 g/mol. The molecule has 0 saturated carbocycles. The van der Waals surface area contributed by atoms with Crippen molar-refractivity contribution in [1.29, 1.82) is 0 Å². The number of carbonyl (C=O) groups is 1. The Kier molecular flexibility index (Phi) is 4.92. The van der Waals surface area contributed by atoms with Crippen molar-refractivity contribution >= 4 is 23.1 Å². The van der Waals surface area contributed by atoms with Gasteiger partial charge in [0.05, 0.1) is 5.69 Å². The molecule has 3 heterocycles. The fourth-order valence-electron chi connectivity index (χ4n) is 3.22. The highest BCUT2D eigenvalue weighted by atomic mass is 19.1. The van der Waals surface area contributed by atoms with E-state index in [1.807, 2.05) is 11.0 Å². The summed E-state index contributed by atoms with van der Waals surface area (Å²) in [4.78, 5) is 20.7. The predicted octanol–water partition coefficient (Wildman–Crippen LogP) is 3.22. The van der Waals surface area contributed by atoms with Gasteiger partial charge in [0.15, 0.2) is 5.82 Å². The maximum Gasteiger partial charge on any atom is 0.272 e. The molecule has 28 heavy (non-hydrogen) atoms. The summed E-state index contributed by atoms with van der Waals surface area (Å²) < 4.78 is 19.0. The topological polar surface area (TPSA) is 74.5 Å². The minimum atomic E-state index is -0.245. The average Bonchev–Trinajstić information content (AvgIpc) is 3.13. The molecule has 1 aliphatic heterocycles. The van der Waals surface area contributed by atoms with Gasteiger partial charge in [0.25, 0.3) is 5.91 Å². The zero-order valence-electron chi connectivity index (χ0n) is 15.4. The number of hydrogen-bond acceptors (Lipinski definition) is 6. The number of carbonyl (C=O) groups excluding carboxylic acids is 1. The first-order valence-electron chi connectivity index (χ1n) is 9.05. The van der Waals surface area contributed by atoms with Crippen LogP contribution in [0.5, 0.6) is 0 Å². The highest BCUT2D eigenvalue weighted by molar-refractivity contribution is 5.93. The highest BCUT2D eigenvalue weighted by Gasteiger charge is 2.24. The fourth-order valence-corrected chi connectivity index (χ4v) is 3.22. The van der Waals surface area contributed by atoms with E-state index in [9.17, 15) is 9.18 Å². The first-order valence-corrected chi connectivity index (χ1v) is 9.05. The summed E-state index contributed by atoms with van der Waals surface area (Å²) in [5.74, 6) is 0.875. The van der Waals surface area contributed by atoms with E-state index in [0.29, 0.717) is 54.8 Å². The minimum Gasteiger partial charge on any atom is -0.366 e. The third-order valence-corrected chi connectivity index (χ3v) is 4.64. The molecule has 1 N–H and O–H groups in total. The molecule has 0 atom stereocenters. The van der Waals surface area contributed by atoms with Crippen LogP contribution in [-0.4, -0.2) is 47.1 Å². The number of pyridine rings is 1. The number of rotatable bonds is 4. The van der Waals surface area contributed by atoms with E-state index < -0.39 is 0 Å². The van der Waals surface area contributed by atoms with Gasteiger partial charge < -0.3 is 19.6 Å². The van der Waals surface area contributed by atoms with Crippen LogP contribution in [0, 0.1) is 12.7 Å². The summed E-state index contributed by atoms with van der Waals surface area (Å²) in [5, 5.41) is 6.97. The van der Waals surface area contributed by atoms with E-state index in [1.54, 1.807) is 48.4 Å². The van der Waals surface area contributed by atoms with Crippen LogP contribution in [0.1, 0.15) is 16.2 Å². The lowest BCUT2D eigenvalue weighted by molar-refractivity contribution is 0.0741. The summed E-state index contributed by atoms with van der Waals surface area (Å²) in [6, 6.07) is 11.9. The van der Waals surface area contributed by atoms with Crippen molar-refractivity contribution in [2.24, 2.45) is 0 Å². The lowest BCUT2D eigenvalue weighted by Gasteiger charge is -2.36. The molecule has 2 aromatic heterocycles. The molecule has 1 aromatic carbocycles. The van der Waals surface area contributed by atoms with Crippen molar-refractivity contribution in [3.63, 3.8) is 0 Å². The van der Waals surface area contributed by atoms with E-state index >= 15 is 0 Å². The molecule has 7 nitrogen and oxygen atoms in total. The van der Waals surface area contributed by atoms with Crippen LogP contribution in [0.15, 0.2) is 53.2 Å². The van der Waals surface area contributed by atoms with Crippen LogP contribution in [0.3, 0.4) is 0 Å². The Labute approximate surface area is 161 Å². The predicted molar refractivity (Wildman–Crippen MR) is 103 cm³/mol. The number of piperazine rings is 1. The number of nitrogens with zero attached hydrogens (tertiary/aromatic N) is 4. The van der Waals surface area contributed by atoms with Crippen molar-refractivity contribution in [2.75, 3.05) is 36.4 Å². The van der Waals surface area contributed by atoms with Crippen molar-refractivity contribution in [1.82, 2.24) is 15.0 Å². The number of para-hydroxylation sites is 1. The first-order chi connectivity index (χ1) is 13.6. The van der Waals surface area contributed by atoms with E-state index in [-0.39, 0.29) is 11.7 Å². The lowest BCUT2D eigenvalue weighted by Crippen LogP contribution is -2.49. The molecule has 0 aliphatic carbocycles. The first kappa shape index (κ1) is 18.0. The molecule has 1 amide bonds. The maximum absolute atomic E-state index is 14.0. The van der Waals surface area contributed by atoms with Crippen molar-refractivity contribution in [2.45, 2.75) is 6.92 Å². The fraction of sp³-hybridized carbons (Fsp3) is 0.250. The molecule has 3 aromatic rings. The Morgan fingerprint density at radius 3 is 2.64 bits per heavy atom. The molecule has 1 saturated heterocycles. The molecule has 144 valence electrons. The second-order valence-corrected chi connectivity index (χ2v) is 6.61. The largest absolute Gasteiger partial charge is 0.366 e. The Bertz CT molecular complexity index is 982. The molecular weight excluding hydrogens is 361 g/mol. The molecular formula is C20H20FN5O2. The normalized spacial score (nSPS) is 14.2. The van der Waals surface area contributed by atoms with Crippen LogP contribution in [0.4, 0.5) is 21.6 Å². The van der Waals surface area contributed by atoms with Crippen LogP contribution in [0.2, 0.25) is 0 Å². The lowest BCUT2D eigenvalue weighted by atomic mass is 10.2. The van der Waals surface area contributed by atoms with Crippen LogP contribution in [-0.2, 0) is 0 Å². The second kappa shape index (κ2) is 7.67. The number of amides is 1. The number of aryl methyl sites for hydroxylation is 1. The van der Waals surface area contributed by atoms with Crippen LogP contribution >= 0.6 is 0 Å².